The van der Waals surface area contributed by atoms with E-state index in [4.69, 9.17) is 9.26 Å². The monoisotopic (exact) mass is 561 g/mol. The SMILES string of the molecule is FC(F)(F)c1cc(CO[C@H]2CCCN(Cc3noc(-c4ccccc4)n3)[C@H]2c2ccccc2)cc(C(F)(F)F)c1. The van der Waals surface area contributed by atoms with Gasteiger partial charge in [-0.25, -0.2) is 0 Å². The molecule has 0 N–H and O–H groups in total. The lowest BCUT2D eigenvalue weighted by atomic mass is 9.92. The van der Waals surface area contributed by atoms with Crippen LogP contribution < -0.4 is 0 Å². The van der Waals surface area contributed by atoms with Crippen molar-refractivity contribution in [3.8, 4) is 11.5 Å². The van der Waals surface area contributed by atoms with Gasteiger partial charge in [-0.2, -0.15) is 31.3 Å². The first kappa shape index (κ1) is 27.9. The minimum Gasteiger partial charge on any atom is -0.372 e. The van der Waals surface area contributed by atoms with Gasteiger partial charge in [0, 0.05) is 5.56 Å². The zero-order valence-corrected chi connectivity index (χ0v) is 21.1. The fourth-order valence-electron chi connectivity index (χ4n) is 4.96. The Bertz CT molecular complexity index is 1370. The van der Waals surface area contributed by atoms with E-state index in [1.54, 1.807) is 0 Å². The van der Waals surface area contributed by atoms with Crippen molar-refractivity contribution < 1.29 is 35.6 Å². The summed E-state index contributed by atoms with van der Waals surface area (Å²) in [5, 5.41) is 4.12. The fourth-order valence-corrected chi connectivity index (χ4v) is 4.96. The van der Waals surface area contributed by atoms with E-state index < -0.39 is 36.2 Å². The first-order valence-electron chi connectivity index (χ1n) is 12.6. The summed E-state index contributed by atoms with van der Waals surface area (Å²) < 4.78 is 91.6. The van der Waals surface area contributed by atoms with Gasteiger partial charge in [-0.1, -0.05) is 53.7 Å². The van der Waals surface area contributed by atoms with Crippen LogP contribution in [0.2, 0.25) is 0 Å². The number of hydrogen-bond acceptors (Lipinski definition) is 5. The summed E-state index contributed by atoms with van der Waals surface area (Å²) in [6.07, 6.45) is -9.07. The highest BCUT2D eigenvalue weighted by molar-refractivity contribution is 5.52. The minimum atomic E-state index is -4.92. The van der Waals surface area contributed by atoms with Crippen molar-refractivity contribution in [2.75, 3.05) is 6.54 Å². The maximum Gasteiger partial charge on any atom is 0.416 e. The number of alkyl halides is 6. The molecule has 0 unspecified atom stereocenters. The molecule has 0 saturated carbocycles. The molecule has 1 aliphatic rings. The second-order valence-corrected chi connectivity index (χ2v) is 9.61. The van der Waals surface area contributed by atoms with Gasteiger partial charge in [0.2, 0.25) is 0 Å². The number of halogens is 6. The van der Waals surface area contributed by atoms with Gasteiger partial charge in [0.1, 0.15) is 0 Å². The van der Waals surface area contributed by atoms with Crippen LogP contribution in [0.25, 0.3) is 11.5 Å². The summed E-state index contributed by atoms with van der Waals surface area (Å²) in [4.78, 5) is 6.61. The van der Waals surface area contributed by atoms with Gasteiger partial charge in [-0.3, -0.25) is 4.90 Å². The number of nitrogens with zero attached hydrogens (tertiary/aromatic N) is 3. The average Bonchev–Trinajstić information content (AvgIpc) is 3.40. The van der Waals surface area contributed by atoms with E-state index in [0.29, 0.717) is 49.8 Å². The highest BCUT2D eigenvalue weighted by Gasteiger charge is 2.38. The molecule has 1 aromatic heterocycles. The van der Waals surface area contributed by atoms with Crippen molar-refractivity contribution in [2.24, 2.45) is 0 Å². The van der Waals surface area contributed by atoms with Crippen molar-refractivity contribution in [3.05, 3.63) is 107 Å². The standard InChI is InChI=1S/C29H25F6N3O2/c30-28(31,32)22-14-19(15-23(16-22)29(33,34)35)18-39-24-12-7-13-38(26(24)20-8-3-1-4-9-20)17-25-36-27(40-37-25)21-10-5-2-6-11-21/h1-6,8-11,14-16,24,26H,7,12-13,17-18H2/t24-,26-/m0/s1. The van der Waals surface area contributed by atoms with Crippen molar-refractivity contribution in [1.82, 2.24) is 15.0 Å². The molecule has 40 heavy (non-hydrogen) atoms. The van der Waals surface area contributed by atoms with Crippen LogP contribution in [0.3, 0.4) is 0 Å². The number of rotatable bonds is 7. The zero-order chi connectivity index (χ0) is 28.3. The van der Waals surface area contributed by atoms with E-state index in [1.165, 1.54) is 0 Å². The van der Waals surface area contributed by atoms with Gasteiger partial charge in [0.25, 0.3) is 5.89 Å². The summed E-state index contributed by atoms with van der Waals surface area (Å²) in [6, 6.07) is 19.9. The second kappa shape index (κ2) is 11.4. The molecule has 1 saturated heterocycles. The van der Waals surface area contributed by atoms with E-state index in [2.05, 4.69) is 15.0 Å². The largest absolute Gasteiger partial charge is 0.416 e. The molecule has 11 heteroatoms. The van der Waals surface area contributed by atoms with E-state index >= 15 is 0 Å². The number of aromatic nitrogens is 2. The Morgan fingerprint density at radius 3 is 2.10 bits per heavy atom. The van der Waals surface area contributed by atoms with Gasteiger partial charge in [-0.15, -0.1) is 0 Å². The molecular formula is C29H25F6N3O2. The lowest BCUT2D eigenvalue weighted by Gasteiger charge is -2.41. The summed E-state index contributed by atoms with van der Waals surface area (Å²) in [7, 11) is 0. The van der Waals surface area contributed by atoms with Crippen LogP contribution in [0.15, 0.2) is 83.4 Å². The molecular weight excluding hydrogens is 536 g/mol. The summed E-state index contributed by atoms with van der Waals surface area (Å²) >= 11 is 0. The van der Waals surface area contributed by atoms with Crippen LogP contribution in [0.1, 0.15) is 47.0 Å². The van der Waals surface area contributed by atoms with Crippen LogP contribution in [0.5, 0.6) is 0 Å². The van der Waals surface area contributed by atoms with Gasteiger partial charge < -0.3 is 9.26 Å². The first-order valence-corrected chi connectivity index (χ1v) is 12.6. The van der Waals surface area contributed by atoms with Gasteiger partial charge >= 0.3 is 12.4 Å². The lowest BCUT2D eigenvalue weighted by molar-refractivity contribution is -0.143. The van der Waals surface area contributed by atoms with Crippen molar-refractivity contribution in [3.63, 3.8) is 0 Å². The minimum absolute atomic E-state index is 0.118. The third kappa shape index (κ3) is 6.53. The fraction of sp³-hybridized carbons (Fsp3) is 0.310. The summed E-state index contributed by atoms with van der Waals surface area (Å²) in [5.41, 5.74) is -1.25. The molecule has 0 bridgehead atoms. The molecule has 0 radical (unpaired) electrons. The first-order chi connectivity index (χ1) is 19.1. The lowest BCUT2D eigenvalue weighted by Crippen LogP contribution is -2.42. The molecule has 3 aromatic carbocycles. The number of hydrogen-bond donors (Lipinski definition) is 0. The van der Waals surface area contributed by atoms with Crippen LogP contribution in [0, 0.1) is 0 Å². The maximum atomic E-state index is 13.3. The highest BCUT2D eigenvalue weighted by Crippen LogP contribution is 2.38. The molecule has 0 aliphatic carbocycles. The van der Waals surface area contributed by atoms with Gasteiger partial charge in [0.05, 0.1) is 36.4 Å². The number of likely N-dealkylation sites (tertiary alicyclic amines) is 1. The molecule has 4 aromatic rings. The molecule has 1 aliphatic heterocycles. The second-order valence-electron chi connectivity index (χ2n) is 9.61. The van der Waals surface area contributed by atoms with Crippen molar-refractivity contribution in [1.29, 1.82) is 0 Å². The Morgan fingerprint density at radius 2 is 1.48 bits per heavy atom. The van der Waals surface area contributed by atoms with Crippen LogP contribution in [-0.4, -0.2) is 27.7 Å². The Morgan fingerprint density at radius 1 is 0.850 bits per heavy atom. The molecule has 5 nitrogen and oxygen atoms in total. The zero-order valence-electron chi connectivity index (χ0n) is 21.1. The Kier molecular flexibility index (Phi) is 7.95. The van der Waals surface area contributed by atoms with E-state index in [0.717, 1.165) is 11.1 Å². The highest BCUT2D eigenvalue weighted by atomic mass is 19.4. The summed E-state index contributed by atoms with van der Waals surface area (Å²) in [5.74, 6) is 0.829. The third-order valence-corrected chi connectivity index (χ3v) is 6.77. The molecule has 210 valence electrons. The quantitative estimate of drug-likeness (QED) is 0.217. The predicted octanol–water partition coefficient (Wildman–Crippen LogP) is 7.70. The Hall–Kier alpha value is -3.70. The molecule has 2 atom stereocenters. The molecule has 1 fully saturated rings. The van der Waals surface area contributed by atoms with Crippen molar-refractivity contribution >= 4 is 0 Å². The summed E-state index contributed by atoms with van der Waals surface area (Å²) in [6.45, 7) is 0.573. The molecule has 5 rings (SSSR count). The normalized spacial score (nSPS) is 18.6. The topological polar surface area (TPSA) is 51.4 Å². The van der Waals surface area contributed by atoms with E-state index in [9.17, 15) is 26.3 Å². The van der Waals surface area contributed by atoms with Crippen LogP contribution >= 0.6 is 0 Å². The number of piperidine rings is 1. The van der Waals surface area contributed by atoms with Gasteiger partial charge in [-0.05, 0) is 60.8 Å². The van der Waals surface area contributed by atoms with Crippen LogP contribution in [-0.2, 0) is 30.2 Å². The van der Waals surface area contributed by atoms with Crippen LogP contribution in [0.4, 0.5) is 26.3 Å². The number of ether oxygens (including phenoxy) is 1. The molecule has 0 spiro atoms. The Labute approximate surface area is 226 Å². The van der Waals surface area contributed by atoms with Crippen molar-refractivity contribution in [2.45, 2.75) is 50.5 Å². The Balaban J connectivity index is 1.39. The van der Waals surface area contributed by atoms with Gasteiger partial charge in [0.15, 0.2) is 5.82 Å². The third-order valence-electron chi connectivity index (χ3n) is 6.77. The number of benzene rings is 3. The smallest absolute Gasteiger partial charge is 0.372 e. The maximum absolute atomic E-state index is 13.3. The average molecular weight is 562 g/mol. The predicted molar refractivity (Wildman–Crippen MR) is 134 cm³/mol. The molecule has 2 heterocycles. The molecule has 0 amide bonds. The van der Waals surface area contributed by atoms with E-state index in [1.807, 2.05) is 60.7 Å². The van der Waals surface area contributed by atoms with E-state index in [-0.39, 0.29) is 17.7 Å².